The molecule has 0 radical (unpaired) electrons. The third kappa shape index (κ3) is 3.13. The fraction of sp³-hybridized carbons (Fsp3) is 0.545. The Hall–Kier alpha value is -0.990. The van der Waals surface area contributed by atoms with Gasteiger partial charge in [-0.1, -0.05) is 6.07 Å². The van der Waals surface area contributed by atoms with E-state index in [0.29, 0.717) is 12.8 Å². The molecule has 0 aromatic carbocycles. The minimum absolute atomic E-state index is 0.0628. The van der Waals surface area contributed by atoms with E-state index in [9.17, 15) is 16.8 Å². The lowest BCUT2D eigenvalue weighted by Crippen LogP contribution is -2.42. The highest BCUT2D eigenvalue weighted by atomic mass is 32.2. The maximum Gasteiger partial charge on any atom is 0.211 e. The summed E-state index contributed by atoms with van der Waals surface area (Å²) in [6, 6.07) is 4.76. The molecule has 19 heavy (non-hydrogen) atoms. The summed E-state index contributed by atoms with van der Waals surface area (Å²) in [7, 11) is -6.70. The Morgan fingerprint density at radius 1 is 1.16 bits per heavy atom. The van der Waals surface area contributed by atoms with E-state index in [2.05, 4.69) is 4.98 Å². The van der Waals surface area contributed by atoms with Gasteiger partial charge in [0.15, 0.2) is 14.9 Å². The van der Waals surface area contributed by atoms with Crippen LogP contribution < -0.4 is 0 Å². The van der Waals surface area contributed by atoms with Crippen molar-refractivity contribution in [1.29, 1.82) is 0 Å². The summed E-state index contributed by atoms with van der Waals surface area (Å²) in [5.74, 6) is 0. The van der Waals surface area contributed by atoms with Gasteiger partial charge in [0.05, 0.1) is 11.5 Å². The van der Waals surface area contributed by atoms with Crippen molar-refractivity contribution in [2.45, 2.75) is 23.1 Å². The van der Waals surface area contributed by atoms with Crippen molar-refractivity contribution in [3.63, 3.8) is 0 Å². The maximum absolute atomic E-state index is 12.3. The van der Waals surface area contributed by atoms with Gasteiger partial charge < -0.3 is 0 Å². The van der Waals surface area contributed by atoms with Crippen LogP contribution in [-0.4, -0.2) is 50.7 Å². The Morgan fingerprint density at radius 3 is 2.26 bits per heavy atom. The molecule has 2 heterocycles. The molecule has 1 saturated heterocycles. The minimum atomic E-state index is -3.46. The van der Waals surface area contributed by atoms with Crippen molar-refractivity contribution in [3.05, 3.63) is 24.4 Å². The molecule has 0 amide bonds. The second kappa shape index (κ2) is 5.18. The first kappa shape index (κ1) is 14.4. The van der Waals surface area contributed by atoms with Crippen LogP contribution >= 0.6 is 0 Å². The van der Waals surface area contributed by atoms with Gasteiger partial charge in [-0.25, -0.2) is 26.1 Å². The smallest absolute Gasteiger partial charge is 0.211 e. The van der Waals surface area contributed by atoms with Crippen LogP contribution in [0, 0.1) is 0 Å². The fourth-order valence-electron chi connectivity index (χ4n) is 2.16. The number of nitrogens with zero attached hydrogens (tertiary/aromatic N) is 2. The summed E-state index contributed by atoms with van der Waals surface area (Å²) in [5.41, 5.74) is 0. The molecule has 0 saturated carbocycles. The van der Waals surface area contributed by atoms with Gasteiger partial charge in [0.25, 0.3) is 0 Å². The molecular weight excluding hydrogens is 288 g/mol. The Balaban J connectivity index is 2.14. The van der Waals surface area contributed by atoms with E-state index in [1.165, 1.54) is 16.6 Å². The van der Waals surface area contributed by atoms with Crippen molar-refractivity contribution >= 4 is 19.9 Å². The van der Waals surface area contributed by atoms with Crippen LogP contribution in [0.1, 0.15) is 12.8 Å². The van der Waals surface area contributed by atoms with E-state index in [4.69, 9.17) is 0 Å². The fourth-order valence-corrected chi connectivity index (χ4v) is 4.68. The number of hydrogen-bond acceptors (Lipinski definition) is 5. The molecule has 1 aliphatic rings. The molecule has 2 rings (SSSR count). The van der Waals surface area contributed by atoms with Gasteiger partial charge >= 0.3 is 0 Å². The van der Waals surface area contributed by atoms with Gasteiger partial charge in [0.1, 0.15) is 0 Å². The monoisotopic (exact) mass is 304 g/mol. The van der Waals surface area contributed by atoms with E-state index in [0.717, 1.165) is 6.26 Å². The molecule has 0 aliphatic carbocycles. The van der Waals surface area contributed by atoms with E-state index in [1.54, 1.807) is 12.1 Å². The van der Waals surface area contributed by atoms with Gasteiger partial charge in [-0.05, 0) is 25.0 Å². The molecule has 0 atom stereocenters. The second-order valence-electron chi connectivity index (χ2n) is 4.57. The van der Waals surface area contributed by atoms with Crippen LogP contribution in [0.5, 0.6) is 0 Å². The molecule has 6 nitrogen and oxygen atoms in total. The summed E-state index contributed by atoms with van der Waals surface area (Å²) < 4.78 is 48.7. The average Bonchev–Trinajstić information content (AvgIpc) is 2.39. The Bertz CT molecular complexity index is 633. The Kier molecular flexibility index (Phi) is 3.93. The summed E-state index contributed by atoms with van der Waals surface area (Å²) in [6.45, 7) is 0.491. The zero-order valence-electron chi connectivity index (χ0n) is 10.6. The first-order chi connectivity index (χ1) is 8.82. The van der Waals surface area contributed by atoms with Crippen molar-refractivity contribution in [1.82, 2.24) is 9.29 Å². The number of hydrogen-bond donors (Lipinski definition) is 0. The zero-order valence-corrected chi connectivity index (χ0v) is 12.2. The van der Waals surface area contributed by atoms with Crippen LogP contribution in [0.3, 0.4) is 0 Å². The molecule has 1 aliphatic heterocycles. The van der Waals surface area contributed by atoms with Crippen LogP contribution in [0.25, 0.3) is 0 Å². The largest absolute Gasteiger partial charge is 0.245 e. The number of piperidine rings is 1. The normalized spacial score (nSPS) is 19.4. The molecule has 1 aromatic heterocycles. The molecule has 1 fully saturated rings. The lowest BCUT2D eigenvalue weighted by atomic mass is 10.2. The van der Waals surface area contributed by atoms with Crippen molar-refractivity contribution in [3.8, 4) is 0 Å². The molecule has 0 spiro atoms. The predicted octanol–water partition coefficient (Wildman–Crippen LogP) is 0.279. The van der Waals surface area contributed by atoms with E-state index in [-0.39, 0.29) is 18.1 Å². The van der Waals surface area contributed by atoms with E-state index < -0.39 is 25.1 Å². The van der Waals surface area contributed by atoms with Crippen LogP contribution in [0.4, 0.5) is 0 Å². The third-order valence-corrected chi connectivity index (χ3v) is 6.71. The number of sulfonamides is 1. The SMILES string of the molecule is CS(=O)(=O)N1CCC(S(=O)(=O)c2ccccn2)CC1. The van der Waals surface area contributed by atoms with Crippen molar-refractivity contribution in [2.75, 3.05) is 19.3 Å². The number of rotatable bonds is 3. The van der Waals surface area contributed by atoms with Gasteiger partial charge in [-0.15, -0.1) is 0 Å². The van der Waals surface area contributed by atoms with Crippen molar-refractivity contribution in [2.24, 2.45) is 0 Å². The zero-order chi connectivity index (χ0) is 14.1. The standard InChI is InChI=1S/C11H16N2O4S2/c1-18(14,15)13-8-5-10(6-9-13)19(16,17)11-4-2-3-7-12-11/h2-4,7,10H,5-6,8-9H2,1H3. The minimum Gasteiger partial charge on any atom is -0.245 e. The number of pyridine rings is 1. The summed E-state index contributed by atoms with van der Waals surface area (Å²) in [6.07, 6.45) is 3.21. The molecular formula is C11H16N2O4S2. The second-order valence-corrected chi connectivity index (χ2v) is 8.73. The summed E-state index contributed by atoms with van der Waals surface area (Å²) >= 11 is 0. The number of aromatic nitrogens is 1. The van der Waals surface area contributed by atoms with E-state index >= 15 is 0 Å². The molecule has 106 valence electrons. The third-order valence-electron chi connectivity index (χ3n) is 3.24. The highest BCUT2D eigenvalue weighted by Crippen LogP contribution is 2.24. The predicted molar refractivity (Wildman–Crippen MR) is 70.9 cm³/mol. The maximum atomic E-state index is 12.3. The molecule has 0 N–H and O–H groups in total. The van der Waals surface area contributed by atoms with E-state index in [1.807, 2.05) is 0 Å². The van der Waals surface area contributed by atoms with Gasteiger partial charge in [0, 0.05) is 19.3 Å². The van der Waals surface area contributed by atoms with Crippen LogP contribution in [0.2, 0.25) is 0 Å². The van der Waals surface area contributed by atoms with Crippen LogP contribution in [-0.2, 0) is 19.9 Å². The molecule has 0 bridgehead atoms. The van der Waals surface area contributed by atoms with Crippen molar-refractivity contribution < 1.29 is 16.8 Å². The quantitative estimate of drug-likeness (QED) is 0.801. The number of sulfone groups is 1. The lowest BCUT2D eigenvalue weighted by molar-refractivity contribution is 0.348. The first-order valence-corrected chi connectivity index (χ1v) is 9.31. The summed E-state index contributed by atoms with van der Waals surface area (Å²) in [5, 5.41) is -0.492. The Morgan fingerprint density at radius 2 is 1.79 bits per heavy atom. The van der Waals surface area contributed by atoms with Gasteiger partial charge in [-0.2, -0.15) is 0 Å². The first-order valence-electron chi connectivity index (χ1n) is 5.92. The molecule has 1 aromatic rings. The van der Waals surface area contributed by atoms with Crippen LogP contribution in [0.15, 0.2) is 29.4 Å². The molecule has 0 unspecified atom stereocenters. The topological polar surface area (TPSA) is 84.4 Å². The van der Waals surface area contributed by atoms with Gasteiger partial charge in [-0.3, -0.25) is 0 Å². The average molecular weight is 304 g/mol. The highest BCUT2D eigenvalue weighted by molar-refractivity contribution is 7.92. The molecule has 8 heteroatoms. The summed E-state index contributed by atoms with van der Waals surface area (Å²) in [4.78, 5) is 3.87. The highest BCUT2D eigenvalue weighted by Gasteiger charge is 2.34. The lowest BCUT2D eigenvalue weighted by Gasteiger charge is -2.29. The van der Waals surface area contributed by atoms with Gasteiger partial charge in [0.2, 0.25) is 10.0 Å². The Labute approximate surface area is 113 Å².